The predicted molar refractivity (Wildman–Crippen MR) is 73.3 cm³/mol. The molecule has 0 atom stereocenters. The number of nitrogens with one attached hydrogen (secondary N) is 1. The summed E-state index contributed by atoms with van der Waals surface area (Å²) in [5, 5.41) is 2.95. The highest BCUT2D eigenvalue weighted by Gasteiger charge is 2.30. The highest BCUT2D eigenvalue weighted by Crippen LogP contribution is 2.24. The van der Waals surface area contributed by atoms with Crippen LogP contribution in [0.25, 0.3) is 0 Å². The van der Waals surface area contributed by atoms with Crippen LogP contribution in [0.5, 0.6) is 0 Å². The van der Waals surface area contributed by atoms with E-state index in [1.54, 1.807) is 0 Å². The van der Waals surface area contributed by atoms with Crippen molar-refractivity contribution in [2.75, 3.05) is 32.8 Å². The van der Waals surface area contributed by atoms with Gasteiger partial charge in [0.05, 0.1) is 13.2 Å². The molecule has 0 unspecified atom stereocenters. The number of ether oxygens (including phenoxy) is 1. The lowest BCUT2D eigenvalue weighted by Gasteiger charge is -2.26. The Morgan fingerprint density at radius 1 is 1.29 bits per heavy atom. The van der Waals surface area contributed by atoms with Crippen molar-refractivity contribution in [1.29, 1.82) is 0 Å². The lowest BCUT2D eigenvalue weighted by Crippen LogP contribution is -2.41. The van der Waals surface area contributed by atoms with Crippen LogP contribution in [0.4, 0.5) is 8.78 Å². The fourth-order valence-electron chi connectivity index (χ4n) is 2.10. The lowest BCUT2D eigenvalue weighted by molar-refractivity contribution is 0.0729. The molecule has 0 bridgehead atoms. The molecule has 0 aliphatic carbocycles. The molecule has 8 heteroatoms. The van der Waals surface area contributed by atoms with Gasteiger partial charge >= 0.3 is 0 Å². The summed E-state index contributed by atoms with van der Waals surface area (Å²) in [4.78, 5) is -0.614. The van der Waals surface area contributed by atoms with Gasteiger partial charge in [0.2, 0.25) is 10.0 Å². The van der Waals surface area contributed by atoms with Gasteiger partial charge in [-0.2, -0.15) is 4.31 Å². The zero-order chi connectivity index (χ0) is 15.5. The maximum atomic E-state index is 13.9. The van der Waals surface area contributed by atoms with E-state index in [2.05, 4.69) is 5.32 Å². The number of benzene rings is 1. The number of rotatable bonds is 5. The van der Waals surface area contributed by atoms with Crippen molar-refractivity contribution in [3.05, 3.63) is 29.3 Å². The van der Waals surface area contributed by atoms with E-state index in [0.717, 1.165) is 10.4 Å². The van der Waals surface area contributed by atoms with E-state index in [1.165, 1.54) is 6.07 Å². The van der Waals surface area contributed by atoms with Gasteiger partial charge in [0.1, 0.15) is 4.90 Å². The lowest BCUT2D eigenvalue weighted by atomic mass is 10.2. The van der Waals surface area contributed by atoms with E-state index in [0.29, 0.717) is 12.1 Å². The van der Waals surface area contributed by atoms with Crippen molar-refractivity contribution in [2.24, 2.45) is 0 Å². The molecular formula is C13H18F2N2O3S. The third-order valence-electron chi connectivity index (χ3n) is 3.22. The minimum absolute atomic E-state index is 0.140. The molecule has 1 aliphatic rings. The summed E-state index contributed by atoms with van der Waals surface area (Å²) in [5.41, 5.74) is 0.391. The topological polar surface area (TPSA) is 58.6 Å². The Morgan fingerprint density at radius 3 is 2.57 bits per heavy atom. The second kappa shape index (κ2) is 6.78. The van der Waals surface area contributed by atoms with Crippen molar-refractivity contribution >= 4 is 10.0 Å². The van der Waals surface area contributed by atoms with Crippen LogP contribution in [-0.2, 0) is 21.3 Å². The molecule has 0 amide bonds. The van der Waals surface area contributed by atoms with Gasteiger partial charge in [-0.05, 0) is 24.2 Å². The Bertz CT molecular complexity index is 602. The molecule has 1 N–H and O–H groups in total. The number of hydrogen-bond donors (Lipinski definition) is 1. The molecular weight excluding hydrogens is 302 g/mol. The minimum Gasteiger partial charge on any atom is -0.379 e. The zero-order valence-electron chi connectivity index (χ0n) is 11.7. The number of morpholine rings is 1. The summed E-state index contributed by atoms with van der Waals surface area (Å²) in [6.45, 7) is 3.57. The molecule has 0 aromatic heterocycles. The summed E-state index contributed by atoms with van der Waals surface area (Å²) in [6, 6.07) is 2.20. The molecule has 1 aromatic rings. The van der Waals surface area contributed by atoms with Crippen LogP contribution in [0.15, 0.2) is 17.0 Å². The number of halogens is 2. The molecule has 1 aromatic carbocycles. The maximum absolute atomic E-state index is 13.9. The van der Waals surface area contributed by atoms with E-state index < -0.39 is 26.6 Å². The van der Waals surface area contributed by atoms with Crippen molar-refractivity contribution < 1.29 is 21.9 Å². The number of hydrogen-bond acceptors (Lipinski definition) is 4. The Morgan fingerprint density at radius 2 is 1.95 bits per heavy atom. The Kier molecular flexibility index (Phi) is 5.26. The molecule has 1 aliphatic heterocycles. The summed E-state index contributed by atoms with van der Waals surface area (Å²) in [6.07, 6.45) is 0. The normalized spacial score (nSPS) is 17.1. The first-order chi connectivity index (χ1) is 9.96. The van der Waals surface area contributed by atoms with Crippen LogP contribution in [0.3, 0.4) is 0 Å². The first kappa shape index (κ1) is 16.3. The predicted octanol–water partition coefficient (Wildman–Crippen LogP) is 1.10. The van der Waals surface area contributed by atoms with Crippen LogP contribution in [0.2, 0.25) is 0 Å². The Hall–Kier alpha value is -1.09. The molecule has 1 fully saturated rings. The fourth-order valence-corrected chi connectivity index (χ4v) is 3.63. The van der Waals surface area contributed by atoms with Crippen LogP contribution in [-0.4, -0.2) is 45.6 Å². The van der Waals surface area contributed by atoms with Crippen molar-refractivity contribution in [3.63, 3.8) is 0 Å². The molecule has 1 heterocycles. The van der Waals surface area contributed by atoms with Gasteiger partial charge in [0.15, 0.2) is 11.6 Å². The van der Waals surface area contributed by atoms with E-state index in [1.807, 2.05) is 6.92 Å². The van der Waals surface area contributed by atoms with Crippen molar-refractivity contribution in [3.8, 4) is 0 Å². The van der Waals surface area contributed by atoms with Crippen molar-refractivity contribution in [1.82, 2.24) is 9.62 Å². The molecule has 21 heavy (non-hydrogen) atoms. The third kappa shape index (κ3) is 3.57. The monoisotopic (exact) mass is 320 g/mol. The molecule has 0 radical (unpaired) electrons. The van der Waals surface area contributed by atoms with Gasteiger partial charge in [-0.3, -0.25) is 0 Å². The van der Waals surface area contributed by atoms with E-state index in [-0.39, 0.29) is 32.8 Å². The van der Waals surface area contributed by atoms with E-state index >= 15 is 0 Å². The number of sulfonamides is 1. The second-order valence-electron chi connectivity index (χ2n) is 4.69. The standard InChI is InChI=1S/C13H18F2N2O3S/c1-2-16-9-10-7-11(14)13(15)12(8-10)21(18,19)17-3-5-20-6-4-17/h7-8,16H,2-6,9H2,1H3. The quantitative estimate of drug-likeness (QED) is 0.882. The summed E-state index contributed by atoms with van der Waals surface area (Å²) in [7, 11) is -4.05. The molecule has 0 saturated carbocycles. The SMILES string of the molecule is CCNCc1cc(F)c(F)c(S(=O)(=O)N2CCOCC2)c1. The van der Waals surface area contributed by atoms with E-state index in [9.17, 15) is 17.2 Å². The van der Waals surface area contributed by atoms with Crippen LogP contribution in [0, 0.1) is 11.6 Å². The molecule has 2 rings (SSSR count). The summed E-state index contributed by atoms with van der Waals surface area (Å²) in [5.74, 6) is -2.49. The Balaban J connectivity index is 2.38. The van der Waals surface area contributed by atoms with Gasteiger partial charge < -0.3 is 10.1 Å². The zero-order valence-corrected chi connectivity index (χ0v) is 12.5. The highest BCUT2D eigenvalue weighted by atomic mass is 32.2. The molecule has 1 saturated heterocycles. The van der Waals surface area contributed by atoms with Gasteiger partial charge in [0, 0.05) is 19.6 Å². The third-order valence-corrected chi connectivity index (χ3v) is 5.12. The first-order valence-corrected chi connectivity index (χ1v) is 8.17. The van der Waals surface area contributed by atoms with Gasteiger partial charge in [0.25, 0.3) is 0 Å². The van der Waals surface area contributed by atoms with Crippen LogP contribution in [0.1, 0.15) is 12.5 Å². The first-order valence-electron chi connectivity index (χ1n) is 6.73. The van der Waals surface area contributed by atoms with Gasteiger partial charge in [-0.1, -0.05) is 6.92 Å². The molecule has 118 valence electrons. The van der Waals surface area contributed by atoms with E-state index in [4.69, 9.17) is 4.74 Å². The Labute approximate surface area is 122 Å². The average molecular weight is 320 g/mol. The largest absolute Gasteiger partial charge is 0.379 e. The van der Waals surface area contributed by atoms with Crippen molar-refractivity contribution in [2.45, 2.75) is 18.4 Å². The molecule has 0 spiro atoms. The van der Waals surface area contributed by atoms with Crippen LogP contribution >= 0.6 is 0 Å². The van der Waals surface area contributed by atoms with Crippen LogP contribution < -0.4 is 5.32 Å². The molecule has 5 nitrogen and oxygen atoms in total. The summed E-state index contributed by atoms with van der Waals surface area (Å²) < 4.78 is 58.6. The van der Waals surface area contributed by atoms with Gasteiger partial charge in [-0.15, -0.1) is 0 Å². The summed E-state index contributed by atoms with van der Waals surface area (Å²) >= 11 is 0. The minimum atomic E-state index is -4.05. The average Bonchev–Trinajstić information content (AvgIpc) is 2.49. The second-order valence-corrected chi connectivity index (χ2v) is 6.59. The van der Waals surface area contributed by atoms with Gasteiger partial charge in [-0.25, -0.2) is 17.2 Å². The smallest absolute Gasteiger partial charge is 0.246 e. The maximum Gasteiger partial charge on any atom is 0.246 e. The highest BCUT2D eigenvalue weighted by molar-refractivity contribution is 7.89. The fraction of sp³-hybridized carbons (Fsp3) is 0.538. The number of nitrogens with zero attached hydrogens (tertiary/aromatic N) is 1.